The van der Waals surface area contributed by atoms with Crippen molar-refractivity contribution >= 4 is 32.6 Å². The van der Waals surface area contributed by atoms with Crippen LogP contribution in [0.3, 0.4) is 0 Å². The predicted molar refractivity (Wildman–Crippen MR) is 98.2 cm³/mol. The van der Waals surface area contributed by atoms with Crippen LogP contribution in [0.15, 0.2) is 75.1 Å². The first-order valence-electron chi connectivity index (χ1n) is 7.82. The van der Waals surface area contributed by atoms with Gasteiger partial charge in [-0.1, -0.05) is 36.4 Å². The van der Waals surface area contributed by atoms with Gasteiger partial charge in [0.05, 0.1) is 11.4 Å². The minimum atomic E-state index is -3.74. The lowest BCUT2D eigenvalue weighted by molar-refractivity contribution is -0.119. The molecule has 0 aliphatic heterocycles. The van der Waals surface area contributed by atoms with Crippen molar-refractivity contribution in [3.05, 3.63) is 66.4 Å². The summed E-state index contributed by atoms with van der Waals surface area (Å²) in [6.45, 7) is 1.26. The third-order valence-electron chi connectivity index (χ3n) is 3.61. The molecule has 1 amide bonds. The molecule has 2 N–H and O–H groups in total. The van der Waals surface area contributed by atoms with Crippen LogP contribution in [0.25, 0.3) is 11.0 Å². The molecule has 0 bridgehead atoms. The molecule has 3 aromatic rings. The summed E-state index contributed by atoms with van der Waals surface area (Å²) in [5.41, 5.74) is 3.51. The number of amides is 1. The average molecular weight is 371 g/mol. The molecule has 0 unspecified atom stereocenters. The number of carbonyl (C=O) groups is 1. The van der Waals surface area contributed by atoms with Crippen LogP contribution >= 0.6 is 0 Å². The molecule has 0 radical (unpaired) electrons. The molecule has 26 heavy (non-hydrogen) atoms. The SMILES string of the molecule is C/C(=N/NC(=O)CNS(=O)(=O)c1ccccc1)c1cc2ccccc2o1. The number of nitrogens with one attached hydrogen (secondary N) is 2. The number of fused-ring (bicyclic) bond motifs is 1. The van der Waals surface area contributed by atoms with Gasteiger partial charge in [0.25, 0.3) is 5.91 Å². The van der Waals surface area contributed by atoms with Crippen molar-refractivity contribution in [3.63, 3.8) is 0 Å². The number of benzene rings is 2. The van der Waals surface area contributed by atoms with E-state index in [4.69, 9.17) is 4.42 Å². The molecule has 0 saturated carbocycles. The number of hydrazone groups is 1. The fraction of sp³-hybridized carbons (Fsp3) is 0.111. The summed E-state index contributed by atoms with van der Waals surface area (Å²) in [4.78, 5) is 11.9. The zero-order valence-corrected chi connectivity index (χ0v) is 14.8. The lowest BCUT2D eigenvalue weighted by Crippen LogP contribution is -2.35. The molecular weight excluding hydrogens is 354 g/mol. The van der Waals surface area contributed by atoms with Gasteiger partial charge in [0.1, 0.15) is 11.3 Å². The van der Waals surface area contributed by atoms with Crippen LogP contribution in [0.4, 0.5) is 0 Å². The molecule has 1 heterocycles. The Morgan fingerprint density at radius 2 is 1.77 bits per heavy atom. The smallest absolute Gasteiger partial charge is 0.255 e. The first-order chi connectivity index (χ1) is 12.5. The summed E-state index contributed by atoms with van der Waals surface area (Å²) in [5.74, 6) is -0.0590. The molecule has 0 aliphatic rings. The van der Waals surface area contributed by atoms with E-state index in [-0.39, 0.29) is 4.90 Å². The van der Waals surface area contributed by atoms with Crippen molar-refractivity contribution in [2.75, 3.05) is 6.54 Å². The van der Waals surface area contributed by atoms with Gasteiger partial charge in [-0.25, -0.2) is 18.6 Å². The Morgan fingerprint density at radius 3 is 2.50 bits per heavy atom. The van der Waals surface area contributed by atoms with Crippen molar-refractivity contribution < 1.29 is 17.6 Å². The quantitative estimate of drug-likeness (QED) is 0.513. The molecule has 2 aromatic carbocycles. The van der Waals surface area contributed by atoms with Crippen LogP contribution in [0, 0.1) is 0 Å². The lowest BCUT2D eigenvalue weighted by Gasteiger charge is -2.06. The number of rotatable bonds is 6. The monoisotopic (exact) mass is 371 g/mol. The van der Waals surface area contributed by atoms with E-state index in [2.05, 4.69) is 15.2 Å². The molecule has 0 fully saturated rings. The molecule has 0 saturated heterocycles. The second kappa shape index (κ2) is 7.51. The fourth-order valence-electron chi connectivity index (χ4n) is 2.24. The second-order valence-electron chi connectivity index (χ2n) is 5.52. The maximum Gasteiger partial charge on any atom is 0.255 e. The average Bonchev–Trinajstić information content (AvgIpc) is 3.09. The van der Waals surface area contributed by atoms with Crippen molar-refractivity contribution in [1.29, 1.82) is 0 Å². The molecule has 8 heteroatoms. The number of furan rings is 1. The third kappa shape index (κ3) is 4.16. The van der Waals surface area contributed by atoms with E-state index >= 15 is 0 Å². The predicted octanol–water partition coefficient (Wildman–Crippen LogP) is 2.25. The van der Waals surface area contributed by atoms with Gasteiger partial charge < -0.3 is 4.42 Å². The number of hydrogen-bond donors (Lipinski definition) is 2. The van der Waals surface area contributed by atoms with Gasteiger partial charge in [0.15, 0.2) is 5.76 Å². The number of hydrogen-bond acceptors (Lipinski definition) is 5. The van der Waals surface area contributed by atoms with Gasteiger partial charge in [-0.05, 0) is 31.2 Å². The highest BCUT2D eigenvalue weighted by Crippen LogP contribution is 2.19. The van der Waals surface area contributed by atoms with Gasteiger partial charge in [0, 0.05) is 5.39 Å². The number of nitrogens with zero attached hydrogens (tertiary/aromatic N) is 1. The lowest BCUT2D eigenvalue weighted by atomic mass is 10.2. The molecule has 3 rings (SSSR count). The van der Waals surface area contributed by atoms with E-state index < -0.39 is 22.5 Å². The van der Waals surface area contributed by atoms with E-state index in [0.29, 0.717) is 11.5 Å². The Balaban J connectivity index is 1.60. The fourth-order valence-corrected chi connectivity index (χ4v) is 3.25. The van der Waals surface area contributed by atoms with Gasteiger partial charge in [-0.3, -0.25) is 4.79 Å². The molecule has 134 valence electrons. The Hall–Kier alpha value is -2.97. The summed E-state index contributed by atoms with van der Waals surface area (Å²) in [5, 5.41) is 4.88. The molecular formula is C18H17N3O4S. The first kappa shape index (κ1) is 17.8. The van der Waals surface area contributed by atoms with Gasteiger partial charge in [0.2, 0.25) is 10.0 Å². The molecule has 1 aromatic heterocycles. The maximum atomic E-state index is 12.1. The zero-order valence-electron chi connectivity index (χ0n) is 14.0. The Labute approximate surface area is 150 Å². The topological polar surface area (TPSA) is 101 Å². The maximum absolute atomic E-state index is 12.1. The summed E-state index contributed by atoms with van der Waals surface area (Å²) in [7, 11) is -3.74. The molecule has 0 aliphatic carbocycles. The van der Waals surface area contributed by atoms with Crippen LogP contribution in [0.5, 0.6) is 0 Å². The van der Waals surface area contributed by atoms with Crippen LogP contribution in [0.1, 0.15) is 12.7 Å². The van der Waals surface area contributed by atoms with Crippen LogP contribution < -0.4 is 10.1 Å². The summed E-state index contributed by atoms with van der Waals surface area (Å²) < 4.78 is 32.0. The van der Waals surface area contributed by atoms with E-state index in [0.717, 1.165) is 11.0 Å². The standard InChI is InChI=1S/C18H17N3O4S/c1-13(17-11-14-7-5-6-10-16(14)25-17)20-21-18(22)12-19-26(23,24)15-8-3-2-4-9-15/h2-11,19H,12H2,1H3,(H,21,22)/b20-13-. The summed E-state index contributed by atoms with van der Waals surface area (Å²) >= 11 is 0. The van der Waals surface area contributed by atoms with E-state index in [1.54, 1.807) is 25.1 Å². The van der Waals surface area contributed by atoms with Crippen LogP contribution in [0.2, 0.25) is 0 Å². The van der Waals surface area contributed by atoms with Crippen molar-refractivity contribution in [2.45, 2.75) is 11.8 Å². The number of para-hydroxylation sites is 1. The highest BCUT2D eigenvalue weighted by molar-refractivity contribution is 7.89. The Kier molecular flexibility index (Phi) is 5.15. The summed E-state index contributed by atoms with van der Waals surface area (Å²) in [6, 6.07) is 17.1. The van der Waals surface area contributed by atoms with Crippen molar-refractivity contribution in [2.24, 2.45) is 5.10 Å². The van der Waals surface area contributed by atoms with Crippen molar-refractivity contribution in [3.8, 4) is 0 Å². The highest BCUT2D eigenvalue weighted by atomic mass is 32.2. The third-order valence-corrected chi connectivity index (χ3v) is 5.02. The number of sulfonamides is 1. The number of carbonyl (C=O) groups excluding carboxylic acids is 1. The minimum absolute atomic E-state index is 0.0924. The largest absolute Gasteiger partial charge is 0.455 e. The van der Waals surface area contributed by atoms with Crippen molar-refractivity contribution in [1.82, 2.24) is 10.1 Å². The van der Waals surface area contributed by atoms with Crippen LogP contribution in [-0.2, 0) is 14.8 Å². The normalized spacial score (nSPS) is 12.3. The van der Waals surface area contributed by atoms with Gasteiger partial charge in [-0.2, -0.15) is 5.10 Å². The van der Waals surface area contributed by atoms with E-state index in [1.807, 2.05) is 30.3 Å². The minimum Gasteiger partial charge on any atom is -0.455 e. The molecule has 0 atom stereocenters. The zero-order chi connectivity index (χ0) is 18.6. The Morgan fingerprint density at radius 1 is 1.08 bits per heavy atom. The first-order valence-corrected chi connectivity index (χ1v) is 9.31. The molecule has 0 spiro atoms. The summed E-state index contributed by atoms with van der Waals surface area (Å²) in [6.07, 6.45) is 0. The van der Waals surface area contributed by atoms with E-state index in [1.165, 1.54) is 12.1 Å². The van der Waals surface area contributed by atoms with Gasteiger partial charge >= 0.3 is 0 Å². The van der Waals surface area contributed by atoms with Crippen LogP contribution in [-0.4, -0.2) is 26.6 Å². The Bertz CT molecular complexity index is 1020. The van der Waals surface area contributed by atoms with Gasteiger partial charge in [-0.15, -0.1) is 0 Å². The second-order valence-corrected chi connectivity index (χ2v) is 7.29. The van der Waals surface area contributed by atoms with E-state index in [9.17, 15) is 13.2 Å². The molecule has 7 nitrogen and oxygen atoms in total. The highest BCUT2D eigenvalue weighted by Gasteiger charge is 2.14.